The lowest BCUT2D eigenvalue weighted by molar-refractivity contribution is 0.0980. The van der Waals surface area contributed by atoms with Gasteiger partial charge in [-0.3, -0.25) is 4.79 Å². The van der Waals surface area contributed by atoms with E-state index >= 15 is 0 Å². The highest BCUT2D eigenvalue weighted by Crippen LogP contribution is 2.28. The Labute approximate surface area is 154 Å². The average molecular weight is 366 g/mol. The first-order valence-corrected chi connectivity index (χ1v) is 8.57. The smallest absolute Gasteiger partial charge is 0.277 e. The molecule has 0 saturated heterocycles. The van der Waals surface area contributed by atoms with E-state index in [1.165, 1.54) is 18.3 Å². The standard InChI is InChI=1S/C20H16F2N4O/c21-15-8-7-14(12-16(15)22)24-20-23-10-9-17(25-20)19(27)26-11-3-5-13-4-1-2-6-18(13)26/h1-2,4,6-10,12H,3,5,11H2,(H,23,24,25). The van der Waals surface area contributed by atoms with Crippen molar-refractivity contribution in [2.45, 2.75) is 12.8 Å². The molecule has 7 heteroatoms. The molecule has 0 radical (unpaired) electrons. The van der Waals surface area contributed by atoms with Crippen LogP contribution in [0.1, 0.15) is 22.5 Å². The number of carbonyl (C=O) groups excluding carboxylic acids is 1. The number of amides is 1. The van der Waals surface area contributed by atoms with E-state index in [9.17, 15) is 13.6 Å². The molecule has 2 heterocycles. The number of halogens is 2. The Hall–Kier alpha value is -3.35. The second kappa shape index (κ2) is 7.11. The molecule has 4 rings (SSSR count). The summed E-state index contributed by atoms with van der Waals surface area (Å²) in [6.07, 6.45) is 3.28. The van der Waals surface area contributed by atoms with Gasteiger partial charge in [-0.2, -0.15) is 0 Å². The van der Waals surface area contributed by atoms with E-state index in [-0.39, 0.29) is 17.5 Å². The summed E-state index contributed by atoms with van der Waals surface area (Å²) in [4.78, 5) is 23.0. The molecule has 1 aliphatic heterocycles. The van der Waals surface area contributed by atoms with Gasteiger partial charge in [0, 0.05) is 30.2 Å². The van der Waals surface area contributed by atoms with Crippen molar-refractivity contribution in [2.24, 2.45) is 0 Å². The number of aromatic nitrogens is 2. The summed E-state index contributed by atoms with van der Waals surface area (Å²) < 4.78 is 26.4. The van der Waals surface area contributed by atoms with Gasteiger partial charge in [-0.05, 0) is 42.7 Å². The fourth-order valence-corrected chi connectivity index (χ4v) is 3.12. The molecule has 0 saturated carbocycles. The molecule has 0 unspecified atom stereocenters. The minimum absolute atomic E-state index is 0.136. The Morgan fingerprint density at radius 3 is 2.78 bits per heavy atom. The first-order valence-electron chi connectivity index (χ1n) is 8.57. The zero-order chi connectivity index (χ0) is 18.8. The van der Waals surface area contributed by atoms with Crippen LogP contribution in [0.15, 0.2) is 54.7 Å². The number of nitrogens with zero attached hydrogens (tertiary/aromatic N) is 3. The minimum atomic E-state index is -0.975. The van der Waals surface area contributed by atoms with Crippen LogP contribution >= 0.6 is 0 Å². The van der Waals surface area contributed by atoms with Crippen molar-refractivity contribution < 1.29 is 13.6 Å². The van der Waals surface area contributed by atoms with Gasteiger partial charge in [-0.15, -0.1) is 0 Å². The summed E-state index contributed by atoms with van der Waals surface area (Å²) in [6, 6.07) is 12.7. The number of carbonyl (C=O) groups is 1. The van der Waals surface area contributed by atoms with E-state index in [2.05, 4.69) is 15.3 Å². The molecule has 1 aromatic heterocycles. The van der Waals surface area contributed by atoms with Crippen LogP contribution in [0.25, 0.3) is 0 Å². The summed E-state index contributed by atoms with van der Waals surface area (Å²) in [5.74, 6) is -2.00. The quantitative estimate of drug-likeness (QED) is 0.758. The second-order valence-electron chi connectivity index (χ2n) is 6.21. The Bertz CT molecular complexity index is 1010. The maximum absolute atomic E-state index is 13.4. The van der Waals surface area contributed by atoms with E-state index < -0.39 is 11.6 Å². The largest absolute Gasteiger partial charge is 0.324 e. The van der Waals surface area contributed by atoms with Crippen LogP contribution in [-0.4, -0.2) is 22.4 Å². The molecule has 0 spiro atoms. The first-order chi connectivity index (χ1) is 13.1. The van der Waals surface area contributed by atoms with Gasteiger partial charge in [0.05, 0.1) is 0 Å². The number of hydrogen-bond donors (Lipinski definition) is 1. The summed E-state index contributed by atoms with van der Waals surface area (Å²) in [5.41, 5.74) is 2.54. The first kappa shape index (κ1) is 17.1. The number of nitrogens with one attached hydrogen (secondary N) is 1. The van der Waals surface area contributed by atoms with Crippen molar-refractivity contribution in [3.8, 4) is 0 Å². The third-order valence-corrected chi connectivity index (χ3v) is 4.41. The Kier molecular flexibility index (Phi) is 4.50. The third kappa shape index (κ3) is 3.48. The van der Waals surface area contributed by atoms with Crippen molar-refractivity contribution in [3.63, 3.8) is 0 Å². The highest BCUT2D eigenvalue weighted by Gasteiger charge is 2.24. The lowest BCUT2D eigenvalue weighted by Gasteiger charge is -2.29. The highest BCUT2D eigenvalue weighted by atomic mass is 19.2. The molecule has 2 aromatic carbocycles. The Morgan fingerprint density at radius 2 is 1.93 bits per heavy atom. The van der Waals surface area contributed by atoms with Crippen molar-refractivity contribution >= 4 is 23.2 Å². The van der Waals surface area contributed by atoms with Crippen molar-refractivity contribution in [3.05, 3.63) is 77.6 Å². The van der Waals surface area contributed by atoms with Crippen LogP contribution < -0.4 is 10.2 Å². The number of hydrogen-bond acceptors (Lipinski definition) is 4. The molecule has 0 fully saturated rings. The Morgan fingerprint density at radius 1 is 1.07 bits per heavy atom. The van der Waals surface area contributed by atoms with E-state index in [1.54, 1.807) is 4.90 Å². The maximum atomic E-state index is 13.4. The average Bonchev–Trinajstić information content (AvgIpc) is 2.70. The molecule has 27 heavy (non-hydrogen) atoms. The summed E-state index contributed by atoms with van der Waals surface area (Å²) in [5, 5.41) is 2.79. The molecular formula is C20H16F2N4O. The molecule has 5 nitrogen and oxygen atoms in total. The minimum Gasteiger partial charge on any atom is -0.324 e. The Balaban J connectivity index is 1.59. The highest BCUT2D eigenvalue weighted by molar-refractivity contribution is 6.05. The van der Waals surface area contributed by atoms with Gasteiger partial charge in [0.1, 0.15) is 5.69 Å². The summed E-state index contributed by atoms with van der Waals surface area (Å²) in [7, 11) is 0. The number of fused-ring (bicyclic) bond motifs is 1. The molecular weight excluding hydrogens is 350 g/mol. The van der Waals surface area contributed by atoms with Crippen LogP contribution in [0.4, 0.5) is 26.1 Å². The van der Waals surface area contributed by atoms with Crippen LogP contribution in [0, 0.1) is 11.6 Å². The van der Waals surface area contributed by atoms with Gasteiger partial charge >= 0.3 is 0 Å². The van der Waals surface area contributed by atoms with E-state index in [0.717, 1.165) is 36.2 Å². The maximum Gasteiger partial charge on any atom is 0.277 e. The van der Waals surface area contributed by atoms with Crippen LogP contribution in [0.5, 0.6) is 0 Å². The number of rotatable bonds is 3. The third-order valence-electron chi connectivity index (χ3n) is 4.41. The second-order valence-corrected chi connectivity index (χ2v) is 6.21. The topological polar surface area (TPSA) is 58.1 Å². The van der Waals surface area contributed by atoms with Gasteiger partial charge in [0.25, 0.3) is 5.91 Å². The predicted octanol–water partition coefficient (Wildman–Crippen LogP) is 4.09. The lowest BCUT2D eigenvalue weighted by atomic mass is 10.0. The molecule has 3 aromatic rings. The molecule has 136 valence electrons. The van der Waals surface area contributed by atoms with Crippen LogP contribution in [0.3, 0.4) is 0 Å². The number of anilines is 3. The normalized spacial score (nSPS) is 13.2. The molecule has 0 atom stereocenters. The number of benzene rings is 2. The van der Waals surface area contributed by atoms with Crippen molar-refractivity contribution in [1.82, 2.24) is 9.97 Å². The van der Waals surface area contributed by atoms with Crippen molar-refractivity contribution in [2.75, 3.05) is 16.8 Å². The predicted molar refractivity (Wildman–Crippen MR) is 98.1 cm³/mol. The fraction of sp³-hybridized carbons (Fsp3) is 0.150. The molecule has 1 aliphatic rings. The van der Waals surface area contributed by atoms with Gasteiger partial charge < -0.3 is 10.2 Å². The fourth-order valence-electron chi connectivity index (χ4n) is 3.12. The zero-order valence-corrected chi connectivity index (χ0v) is 14.3. The number of aryl methyl sites for hydroxylation is 1. The van der Waals surface area contributed by atoms with Crippen molar-refractivity contribution in [1.29, 1.82) is 0 Å². The summed E-state index contributed by atoms with van der Waals surface area (Å²) >= 11 is 0. The SMILES string of the molecule is O=C(c1ccnc(Nc2ccc(F)c(F)c2)n1)N1CCCc2ccccc21. The van der Waals surface area contributed by atoms with E-state index in [4.69, 9.17) is 0 Å². The molecule has 0 bridgehead atoms. The monoisotopic (exact) mass is 366 g/mol. The van der Waals surface area contributed by atoms with Gasteiger partial charge in [0.15, 0.2) is 11.6 Å². The van der Waals surface area contributed by atoms with Gasteiger partial charge in [-0.25, -0.2) is 18.7 Å². The molecule has 1 amide bonds. The van der Waals surface area contributed by atoms with Gasteiger partial charge in [-0.1, -0.05) is 18.2 Å². The van der Waals surface area contributed by atoms with Crippen LogP contribution in [-0.2, 0) is 6.42 Å². The number of para-hydroxylation sites is 1. The summed E-state index contributed by atoms with van der Waals surface area (Å²) in [6.45, 7) is 0.617. The molecule has 1 N–H and O–H groups in total. The van der Waals surface area contributed by atoms with E-state index in [0.29, 0.717) is 12.2 Å². The van der Waals surface area contributed by atoms with Crippen LogP contribution in [0.2, 0.25) is 0 Å². The zero-order valence-electron chi connectivity index (χ0n) is 14.3. The van der Waals surface area contributed by atoms with E-state index in [1.807, 2.05) is 24.3 Å². The molecule has 0 aliphatic carbocycles. The van der Waals surface area contributed by atoms with Gasteiger partial charge in [0.2, 0.25) is 5.95 Å². The lowest BCUT2D eigenvalue weighted by Crippen LogP contribution is -2.36.